The predicted octanol–water partition coefficient (Wildman–Crippen LogP) is 12.0. The van der Waals surface area contributed by atoms with Crippen molar-refractivity contribution >= 4 is 30.4 Å². The zero-order valence-electron chi connectivity index (χ0n) is 30.8. The van der Waals surface area contributed by atoms with Gasteiger partial charge in [0.05, 0.1) is 12.8 Å². The van der Waals surface area contributed by atoms with Gasteiger partial charge in [0.15, 0.2) is 0 Å². The number of rotatable bonds is 21. The van der Waals surface area contributed by atoms with Gasteiger partial charge in [0.2, 0.25) is 5.91 Å². The molecule has 0 fully saturated rings. The maximum Gasteiger partial charge on any atom is 0.520 e. The lowest BCUT2D eigenvalue weighted by molar-refractivity contribution is -0.554. The van der Waals surface area contributed by atoms with Crippen LogP contribution in [0, 0.1) is 0 Å². The van der Waals surface area contributed by atoms with E-state index >= 15 is 0 Å². The molecular weight excluding hydrogens is 1030 g/mol. The molecule has 0 bridgehead atoms. The maximum absolute atomic E-state index is 13.6. The van der Waals surface area contributed by atoms with Gasteiger partial charge in [-0.05, 0) is 21.9 Å². The van der Waals surface area contributed by atoms with Crippen LogP contribution in [0.1, 0.15) is 75.7 Å². The largest absolute Gasteiger partial charge is 0.520 e. The molecular formula is C29H54F24N2O9Si2. The lowest BCUT2D eigenvalue weighted by Gasteiger charge is -2.36. The third kappa shape index (κ3) is 37.4. The maximum atomic E-state index is 13.6. The average molecular weight is 1090 g/mol. The predicted molar refractivity (Wildman–Crippen MR) is 189 cm³/mol. The first-order valence-corrected chi connectivity index (χ1v) is 19.7. The molecule has 0 aromatic heterocycles. The molecule has 0 radical (unpaired) electrons. The third-order valence-electron chi connectivity index (χ3n) is 5.66. The van der Waals surface area contributed by atoms with Crippen LogP contribution in [0.15, 0.2) is 0 Å². The monoisotopic (exact) mass is 1090 g/mol. The van der Waals surface area contributed by atoms with Crippen molar-refractivity contribution in [3.63, 3.8) is 0 Å². The van der Waals surface area contributed by atoms with E-state index in [0.717, 1.165) is 0 Å². The standard InChI is InChI=1S/C11H10F14O3.C5H10F3NOSi.C5H12FNO4Si.C3H2F6O.5CH4/c12-6(13,14)4-2-1-3-5-26-9(19,20)7(15,8(16,17)18)27-10(21,22)11(23,24)28-25;1-11-3-9-4(10)2-5(6,7)8;1-9-12(10-2,11-3)4-7-5(6)8;4-2(5,6)1-3(7,8)10-9;;;;;/h1-5H2;2-3,11H2,1H3,(H,9,10);4H2,1-3H3,(H,7,8);1H2;5*1H4. The third-order valence-corrected chi connectivity index (χ3v) is 8.89. The van der Waals surface area contributed by atoms with Crippen molar-refractivity contribution in [1.29, 1.82) is 0 Å². The highest BCUT2D eigenvalue weighted by molar-refractivity contribution is 6.61. The fraction of sp³-hybridized carbons (Fsp3) is 0.931. The number of ether oxygens (including phenoxy) is 2. The van der Waals surface area contributed by atoms with Gasteiger partial charge >= 0.3 is 70.0 Å². The first-order valence-electron chi connectivity index (χ1n) is 15.3. The molecule has 11 nitrogen and oxygen atoms in total. The molecule has 66 heavy (non-hydrogen) atoms. The van der Waals surface area contributed by atoms with E-state index in [9.17, 15) is 115 Å². The summed E-state index contributed by atoms with van der Waals surface area (Å²) in [4.78, 5) is 23.4. The topological polar surface area (TPSA) is 123 Å². The lowest BCUT2D eigenvalue weighted by Crippen LogP contribution is -2.63. The summed E-state index contributed by atoms with van der Waals surface area (Å²) in [6, 6.07) is 0. The van der Waals surface area contributed by atoms with Crippen LogP contribution in [0.2, 0.25) is 6.55 Å². The van der Waals surface area contributed by atoms with Crippen LogP contribution in [0.25, 0.3) is 0 Å². The molecule has 0 aromatic carbocycles. The smallest absolute Gasteiger partial charge is 0.376 e. The van der Waals surface area contributed by atoms with E-state index in [1.807, 2.05) is 16.6 Å². The van der Waals surface area contributed by atoms with Crippen LogP contribution < -0.4 is 10.6 Å². The molecule has 37 heteroatoms. The van der Waals surface area contributed by atoms with Crippen molar-refractivity contribution in [2.24, 2.45) is 0 Å². The Labute approximate surface area is 366 Å². The Balaban J connectivity index is -0.000000102. The van der Waals surface area contributed by atoms with Gasteiger partial charge in [0.1, 0.15) is 12.8 Å². The Morgan fingerprint density at radius 3 is 1.30 bits per heavy atom. The summed E-state index contributed by atoms with van der Waals surface area (Å²) < 4.78 is 307. The number of nitrogens with one attached hydrogen (secondary N) is 2. The van der Waals surface area contributed by atoms with Crippen LogP contribution >= 0.6 is 0 Å². The average Bonchev–Trinajstić information content (AvgIpc) is 3.07. The van der Waals surface area contributed by atoms with E-state index in [2.05, 4.69) is 10.1 Å². The second-order valence-corrected chi connectivity index (χ2v) is 15.1. The summed E-state index contributed by atoms with van der Waals surface area (Å²) in [5.41, 5.74) is 0. The molecule has 0 spiro atoms. The van der Waals surface area contributed by atoms with Crippen molar-refractivity contribution in [3.05, 3.63) is 0 Å². The van der Waals surface area contributed by atoms with Gasteiger partial charge in [-0.2, -0.15) is 92.2 Å². The van der Waals surface area contributed by atoms with Crippen molar-refractivity contribution in [2.75, 3.05) is 40.3 Å². The van der Waals surface area contributed by atoms with Gasteiger partial charge in [-0.3, -0.25) is 9.53 Å². The Hall–Kier alpha value is -2.59. The molecule has 0 saturated heterocycles. The van der Waals surface area contributed by atoms with Crippen LogP contribution in [0.3, 0.4) is 0 Å². The van der Waals surface area contributed by atoms with E-state index in [0.29, 0.717) is 6.17 Å². The van der Waals surface area contributed by atoms with Gasteiger partial charge < -0.3 is 28.6 Å². The molecule has 0 aromatic rings. The first kappa shape index (κ1) is 83.4. The van der Waals surface area contributed by atoms with E-state index in [1.165, 1.54) is 26.3 Å². The summed E-state index contributed by atoms with van der Waals surface area (Å²) in [6.45, 7) is 0.311. The minimum absolute atomic E-state index is 0. The molecule has 2 N–H and O–H groups in total. The molecule has 0 rings (SSSR count). The van der Waals surface area contributed by atoms with E-state index in [4.69, 9.17) is 13.3 Å². The molecule has 0 aliphatic heterocycles. The Bertz CT molecular complexity index is 1220. The number of unbranched alkanes of at least 4 members (excludes halogenated alkanes) is 2. The van der Waals surface area contributed by atoms with E-state index < -0.39 is 121 Å². The summed E-state index contributed by atoms with van der Waals surface area (Å²) >= 11 is 0. The van der Waals surface area contributed by atoms with Gasteiger partial charge in [-0.1, -0.05) is 50.1 Å². The quantitative estimate of drug-likeness (QED) is 0.0380. The summed E-state index contributed by atoms with van der Waals surface area (Å²) in [7, 11) is 0.902. The number of halogens is 24. The van der Waals surface area contributed by atoms with E-state index in [-0.39, 0.29) is 52.8 Å². The van der Waals surface area contributed by atoms with Crippen LogP contribution in [-0.4, -0.2) is 126 Å². The number of alkyl halides is 21. The van der Waals surface area contributed by atoms with Gasteiger partial charge in [-0.15, -0.1) is 14.3 Å². The lowest BCUT2D eigenvalue weighted by atomic mass is 10.2. The van der Waals surface area contributed by atoms with Crippen molar-refractivity contribution < 1.29 is 148 Å². The first-order chi connectivity index (χ1) is 27.0. The summed E-state index contributed by atoms with van der Waals surface area (Å²) in [6.07, 6.45) is -54.6. The molecule has 0 aliphatic rings. The molecule has 1 unspecified atom stereocenters. The normalized spacial score (nSPS) is 13.4. The number of carbonyl (C=O) groups excluding carboxylic acids is 2. The fourth-order valence-electron chi connectivity index (χ4n) is 2.87. The molecule has 410 valence electrons. The highest BCUT2D eigenvalue weighted by Gasteiger charge is 2.80. The SMILES string of the molecule is C.C.C.C.C.CO[Si](CNC(=O)F)(OC)OC.C[SiH2]CNC(=O)CC(F)(F)F.FOC(F)(F)C(F)(F)OC(F)(C(F)(F)F)C(F)(F)OCCCCCC(F)(F)F.FOC(F)(F)CC(F)(F)F. The van der Waals surface area contributed by atoms with Crippen LogP contribution in [0.5, 0.6) is 0 Å². The number of hydrogen-bond acceptors (Lipinski definition) is 9. The van der Waals surface area contributed by atoms with Crippen LogP contribution in [0.4, 0.5) is 110 Å². The summed E-state index contributed by atoms with van der Waals surface area (Å²) in [5.74, 6) is -7.83. The molecule has 0 aliphatic carbocycles. The summed E-state index contributed by atoms with van der Waals surface area (Å²) in [5, 5.41) is 4.11. The van der Waals surface area contributed by atoms with Crippen molar-refractivity contribution in [2.45, 2.75) is 137 Å². The molecule has 2 amide bonds. The van der Waals surface area contributed by atoms with Crippen molar-refractivity contribution in [1.82, 2.24) is 10.6 Å². The zero-order valence-corrected chi connectivity index (χ0v) is 33.2. The van der Waals surface area contributed by atoms with Gasteiger partial charge in [0, 0.05) is 43.4 Å². The molecule has 0 saturated carbocycles. The number of hydrogen-bond donors (Lipinski definition) is 2. The second kappa shape index (κ2) is 34.7. The Morgan fingerprint density at radius 2 is 1.02 bits per heavy atom. The minimum atomic E-state index is -7.11. The van der Waals surface area contributed by atoms with Gasteiger partial charge in [0.25, 0.3) is 0 Å². The zero-order chi connectivity index (χ0) is 49.6. The Morgan fingerprint density at radius 1 is 0.576 bits per heavy atom. The Kier molecular flexibility index (Phi) is 43.8. The fourth-order valence-corrected chi connectivity index (χ4v) is 4.69. The van der Waals surface area contributed by atoms with Crippen LogP contribution in [-0.2, 0) is 37.4 Å². The van der Waals surface area contributed by atoms with E-state index in [1.54, 1.807) is 4.94 Å². The van der Waals surface area contributed by atoms with Crippen molar-refractivity contribution in [3.8, 4) is 0 Å². The number of carbonyl (C=O) groups is 2. The molecule has 1 atom stereocenters. The highest BCUT2D eigenvalue weighted by Crippen LogP contribution is 2.52. The second-order valence-electron chi connectivity index (χ2n) is 10.7. The molecule has 0 heterocycles. The number of amides is 2. The highest BCUT2D eigenvalue weighted by atomic mass is 28.4. The minimum Gasteiger partial charge on any atom is -0.376 e. The van der Waals surface area contributed by atoms with Gasteiger partial charge in [-0.25, -0.2) is 4.79 Å².